The lowest BCUT2D eigenvalue weighted by atomic mass is 10.1. The Kier molecular flexibility index (Phi) is 5.88. The fourth-order valence-corrected chi connectivity index (χ4v) is 4.87. The third-order valence-electron chi connectivity index (χ3n) is 6.07. The largest absolute Gasteiger partial charge is 0.374 e. The van der Waals surface area contributed by atoms with Crippen LogP contribution in [0, 0.1) is 0 Å². The summed E-state index contributed by atoms with van der Waals surface area (Å²) in [5.41, 5.74) is 7.44. The Bertz CT molecular complexity index is 1640. The molecule has 0 saturated carbocycles. The van der Waals surface area contributed by atoms with Crippen molar-refractivity contribution in [3.05, 3.63) is 59.8 Å². The number of aliphatic hydroxyl groups excluding tert-OH is 1. The lowest BCUT2D eigenvalue weighted by Gasteiger charge is -2.14. The average molecular weight is 497 g/mol. The number of H-pyrrole nitrogens is 2. The van der Waals surface area contributed by atoms with Gasteiger partial charge < -0.3 is 15.4 Å². The molecule has 1 atom stereocenters. The van der Waals surface area contributed by atoms with Crippen LogP contribution in [0.3, 0.4) is 0 Å². The average Bonchev–Trinajstić information content (AvgIpc) is 3.66. The van der Waals surface area contributed by atoms with Crippen LogP contribution >= 0.6 is 11.3 Å². The number of anilines is 1. The van der Waals surface area contributed by atoms with Crippen molar-refractivity contribution in [3.8, 4) is 34.0 Å². The minimum atomic E-state index is -0.612. The predicted octanol–water partition coefficient (Wildman–Crippen LogP) is 5.61. The SMILES string of the molecule is CCCCC(O)Nc1cncc(-c2cc3c(-c4nc5c(-c6ccsc6)nccc5[nH]4)n[nH]c3cn2)c1. The number of aliphatic hydroxyl groups is 1. The van der Waals surface area contributed by atoms with Gasteiger partial charge in [0.2, 0.25) is 0 Å². The van der Waals surface area contributed by atoms with Crippen LogP contribution in [0.2, 0.25) is 0 Å². The summed E-state index contributed by atoms with van der Waals surface area (Å²) in [7, 11) is 0. The smallest absolute Gasteiger partial charge is 0.159 e. The van der Waals surface area contributed by atoms with E-state index >= 15 is 0 Å². The van der Waals surface area contributed by atoms with Gasteiger partial charge in [-0.15, -0.1) is 0 Å². The second-order valence-corrected chi connectivity index (χ2v) is 9.39. The summed E-state index contributed by atoms with van der Waals surface area (Å²) in [5, 5.41) is 25.9. The van der Waals surface area contributed by atoms with Gasteiger partial charge in [0, 0.05) is 34.3 Å². The molecule has 6 aromatic rings. The number of pyridine rings is 3. The second kappa shape index (κ2) is 9.48. The third-order valence-corrected chi connectivity index (χ3v) is 6.75. The Labute approximate surface area is 210 Å². The predicted molar refractivity (Wildman–Crippen MR) is 142 cm³/mol. The van der Waals surface area contributed by atoms with Crippen molar-refractivity contribution >= 4 is 39.0 Å². The Morgan fingerprint density at radius 2 is 2.00 bits per heavy atom. The number of unbranched alkanes of at least 4 members (excludes halogenated alkanes) is 1. The monoisotopic (exact) mass is 496 g/mol. The standard InChI is InChI=1S/C26H24N8OS/c1-2-3-4-22(35)30-17-9-16(11-27-12-17)20-10-18-21(13-29-20)33-34-24(18)26-31-19-5-7-28-23(25(19)32-26)15-6-8-36-14-15/h5-14,22,30,35H,2-4H2,1H3,(H,31,32)(H,33,34). The first kappa shape index (κ1) is 22.3. The van der Waals surface area contributed by atoms with Crippen molar-refractivity contribution in [2.24, 2.45) is 0 Å². The van der Waals surface area contributed by atoms with E-state index in [0.717, 1.165) is 63.0 Å². The van der Waals surface area contributed by atoms with E-state index in [0.29, 0.717) is 17.9 Å². The minimum Gasteiger partial charge on any atom is -0.374 e. The Morgan fingerprint density at radius 1 is 1.06 bits per heavy atom. The summed E-state index contributed by atoms with van der Waals surface area (Å²) in [4.78, 5) is 21.8. The van der Waals surface area contributed by atoms with Gasteiger partial charge in [-0.1, -0.05) is 13.3 Å². The fourth-order valence-electron chi connectivity index (χ4n) is 4.23. The lowest BCUT2D eigenvalue weighted by Crippen LogP contribution is -2.18. The number of aromatic amines is 2. The van der Waals surface area contributed by atoms with Crippen molar-refractivity contribution < 1.29 is 5.11 Å². The third kappa shape index (κ3) is 4.21. The van der Waals surface area contributed by atoms with Gasteiger partial charge >= 0.3 is 0 Å². The van der Waals surface area contributed by atoms with Crippen molar-refractivity contribution in [1.29, 1.82) is 0 Å². The van der Waals surface area contributed by atoms with Gasteiger partial charge in [-0.2, -0.15) is 16.4 Å². The Hall–Kier alpha value is -4.15. The molecule has 0 bridgehead atoms. The van der Waals surface area contributed by atoms with Gasteiger partial charge in [0.25, 0.3) is 0 Å². The Morgan fingerprint density at radius 3 is 2.86 bits per heavy atom. The molecular weight excluding hydrogens is 472 g/mol. The molecule has 4 N–H and O–H groups in total. The number of aromatic nitrogens is 7. The zero-order valence-corrected chi connectivity index (χ0v) is 20.4. The molecule has 10 heteroatoms. The van der Waals surface area contributed by atoms with Gasteiger partial charge in [-0.3, -0.25) is 20.1 Å². The summed E-state index contributed by atoms with van der Waals surface area (Å²) in [6.45, 7) is 2.10. The molecule has 0 amide bonds. The molecule has 0 aliphatic heterocycles. The van der Waals surface area contributed by atoms with Crippen LogP contribution in [-0.2, 0) is 0 Å². The molecule has 9 nitrogen and oxygen atoms in total. The highest BCUT2D eigenvalue weighted by Gasteiger charge is 2.17. The van der Waals surface area contributed by atoms with Crippen molar-refractivity contribution in [3.63, 3.8) is 0 Å². The maximum atomic E-state index is 10.2. The first-order valence-electron chi connectivity index (χ1n) is 11.8. The molecular formula is C26H24N8OS. The fraction of sp³-hybridized carbons (Fsp3) is 0.192. The van der Waals surface area contributed by atoms with Gasteiger partial charge in [-0.05, 0) is 42.5 Å². The number of nitrogens with one attached hydrogen (secondary N) is 3. The molecule has 0 fully saturated rings. The van der Waals surface area contributed by atoms with E-state index in [9.17, 15) is 5.11 Å². The van der Waals surface area contributed by atoms with E-state index in [1.807, 2.05) is 29.6 Å². The minimum absolute atomic E-state index is 0.612. The number of hydrogen-bond donors (Lipinski definition) is 4. The van der Waals surface area contributed by atoms with Gasteiger partial charge in [0.1, 0.15) is 17.4 Å². The quantitative estimate of drug-likeness (QED) is 0.202. The normalized spacial score (nSPS) is 12.4. The van der Waals surface area contributed by atoms with Gasteiger partial charge in [0.05, 0.1) is 40.5 Å². The maximum Gasteiger partial charge on any atom is 0.159 e. The number of rotatable bonds is 8. The van der Waals surface area contributed by atoms with Crippen LogP contribution < -0.4 is 5.32 Å². The van der Waals surface area contributed by atoms with Crippen molar-refractivity contribution in [2.75, 3.05) is 5.32 Å². The van der Waals surface area contributed by atoms with Crippen molar-refractivity contribution in [1.82, 2.24) is 35.1 Å². The number of thiophene rings is 1. The van der Waals surface area contributed by atoms with Crippen molar-refractivity contribution in [2.45, 2.75) is 32.4 Å². The number of nitrogens with zero attached hydrogens (tertiary/aromatic N) is 5. The van der Waals surface area contributed by atoms with Crippen LogP contribution in [0.25, 0.3) is 56.0 Å². The highest BCUT2D eigenvalue weighted by Crippen LogP contribution is 2.32. The molecule has 6 rings (SSSR count). The number of imidazole rings is 1. The molecule has 0 aliphatic rings. The van der Waals surface area contributed by atoms with E-state index in [1.54, 1.807) is 36.1 Å². The molecule has 6 heterocycles. The zero-order chi connectivity index (χ0) is 24.5. The van der Waals surface area contributed by atoms with Gasteiger partial charge in [-0.25, -0.2) is 4.98 Å². The number of fused-ring (bicyclic) bond motifs is 2. The summed E-state index contributed by atoms with van der Waals surface area (Å²) in [6, 6.07) is 7.88. The molecule has 0 saturated heterocycles. The first-order valence-corrected chi connectivity index (χ1v) is 12.8. The summed E-state index contributed by atoms with van der Waals surface area (Å²) >= 11 is 1.63. The molecule has 6 aromatic heterocycles. The van der Waals surface area contributed by atoms with Crippen LogP contribution in [0.1, 0.15) is 26.2 Å². The van der Waals surface area contributed by atoms with Crippen LogP contribution in [0.4, 0.5) is 5.69 Å². The summed E-state index contributed by atoms with van der Waals surface area (Å²) in [6.07, 6.45) is 9.07. The second-order valence-electron chi connectivity index (χ2n) is 8.61. The highest BCUT2D eigenvalue weighted by atomic mass is 32.1. The summed E-state index contributed by atoms with van der Waals surface area (Å²) < 4.78 is 0. The molecule has 180 valence electrons. The number of hydrogen-bond acceptors (Lipinski definition) is 8. The molecule has 36 heavy (non-hydrogen) atoms. The Balaban J connectivity index is 1.36. The van der Waals surface area contributed by atoms with E-state index in [2.05, 4.69) is 47.8 Å². The summed E-state index contributed by atoms with van der Waals surface area (Å²) in [5.74, 6) is 0.658. The molecule has 0 aromatic carbocycles. The molecule has 1 unspecified atom stereocenters. The topological polar surface area (TPSA) is 128 Å². The van der Waals surface area contributed by atoms with E-state index in [4.69, 9.17) is 4.98 Å². The molecule has 0 radical (unpaired) electrons. The van der Waals surface area contributed by atoms with E-state index < -0.39 is 6.23 Å². The highest BCUT2D eigenvalue weighted by molar-refractivity contribution is 7.08. The zero-order valence-electron chi connectivity index (χ0n) is 19.6. The van der Waals surface area contributed by atoms with Gasteiger partial charge in [0.15, 0.2) is 5.82 Å². The van der Waals surface area contributed by atoms with Crippen LogP contribution in [0.15, 0.2) is 59.8 Å². The molecule has 0 aliphatic carbocycles. The van der Waals surface area contributed by atoms with Crippen LogP contribution in [0.5, 0.6) is 0 Å². The van der Waals surface area contributed by atoms with E-state index in [-0.39, 0.29) is 0 Å². The maximum absolute atomic E-state index is 10.2. The first-order chi connectivity index (χ1) is 17.7. The lowest BCUT2D eigenvalue weighted by molar-refractivity contribution is 0.190. The van der Waals surface area contributed by atoms with Crippen LogP contribution in [-0.4, -0.2) is 46.5 Å². The molecule has 0 spiro atoms. The van der Waals surface area contributed by atoms with E-state index in [1.165, 1.54) is 0 Å².